The van der Waals surface area contributed by atoms with Gasteiger partial charge in [0.2, 0.25) is 0 Å². The van der Waals surface area contributed by atoms with Gasteiger partial charge in [-0.15, -0.1) is 5.10 Å². The van der Waals surface area contributed by atoms with E-state index in [1.807, 2.05) is 62.0 Å². The molecule has 77 heavy (non-hydrogen) atoms. The maximum atomic E-state index is 15.0. The molecule has 0 amide bonds. The number of alkyl halides is 1. The Labute approximate surface area is 456 Å². The van der Waals surface area contributed by atoms with Crippen molar-refractivity contribution in [3.05, 3.63) is 41.7 Å². The summed E-state index contributed by atoms with van der Waals surface area (Å²) in [5.74, 6) is -1.99. The van der Waals surface area contributed by atoms with Gasteiger partial charge in [-0.25, -0.2) is 9.07 Å². The SMILES string of the molecule is CC[C@H]1OC(=O)[C@H](C)[C@@H](O[C@H]2C[C@@](C)(OC)[C@@H](O)[C@H](C)O2)C[C@@H](O[C@@H]2O[C@H](C)C[C@H](N(C)CCc3cn([C@H](CF)[C@H](OC)c4ccc(NC5CCCCC5N)cc4)nn3)[C@H]2O)[C@](C)(O)C[C@@H](C)CN(C)[C@H](C)[C@@H](O)[C@]1(C)O. The van der Waals surface area contributed by atoms with E-state index >= 15 is 0 Å². The van der Waals surface area contributed by atoms with Crippen LogP contribution in [0.15, 0.2) is 30.5 Å². The quantitative estimate of drug-likeness (QED) is 0.108. The summed E-state index contributed by atoms with van der Waals surface area (Å²) >= 11 is 0. The smallest absolute Gasteiger partial charge is 0.311 e. The Balaban J connectivity index is 1.21. The van der Waals surface area contributed by atoms with Crippen LogP contribution in [-0.4, -0.2) is 207 Å². The summed E-state index contributed by atoms with van der Waals surface area (Å²) in [4.78, 5) is 18.3. The van der Waals surface area contributed by atoms with Crippen LogP contribution in [0.3, 0.4) is 0 Å². The summed E-state index contributed by atoms with van der Waals surface area (Å²) in [5, 5.41) is 71.9. The lowest BCUT2D eigenvalue weighted by atomic mass is 9.83. The fraction of sp³-hybridized carbons (Fsp3) is 0.839. The van der Waals surface area contributed by atoms with E-state index in [1.54, 1.807) is 54.8 Å². The number of rotatable bonds is 17. The molecule has 3 aliphatic heterocycles. The van der Waals surface area contributed by atoms with Crippen LogP contribution in [-0.2, 0) is 44.4 Å². The number of anilines is 1. The van der Waals surface area contributed by atoms with Crippen molar-refractivity contribution >= 4 is 11.7 Å². The van der Waals surface area contributed by atoms with E-state index in [0.29, 0.717) is 31.6 Å². The van der Waals surface area contributed by atoms with Crippen molar-refractivity contribution in [2.45, 2.75) is 241 Å². The Morgan fingerprint density at radius 3 is 2.30 bits per heavy atom. The molecule has 1 aromatic carbocycles. The van der Waals surface area contributed by atoms with E-state index in [1.165, 1.54) is 18.7 Å². The predicted octanol–water partition coefficient (Wildman–Crippen LogP) is 4.44. The van der Waals surface area contributed by atoms with Gasteiger partial charge >= 0.3 is 5.97 Å². The van der Waals surface area contributed by atoms with Crippen LogP contribution in [0.5, 0.6) is 0 Å². The minimum Gasteiger partial charge on any atom is -0.459 e. The molecule has 20 nitrogen and oxygen atoms in total. The van der Waals surface area contributed by atoms with Crippen molar-refractivity contribution in [2.75, 3.05) is 53.4 Å². The number of cyclic esters (lactones) is 1. The van der Waals surface area contributed by atoms with Gasteiger partial charge in [-0.3, -0.25) is 4.79 Å². The number of nitrogens with two attached hydrogens (primary N) is 1. The monoisotopic (exact) mass is 1090 g/mol. The lowest BCUT2D eigenvalue weighted by Gasteiger charge is -2.47. The van der Waals surface area contributed by atoms with Gasteiger partial charge in [0.15, 0.2) is 12.6 Å². The number of likely N-dealkylation sites (N-methyl/N-ethyl adjacent to an activating group) is 2. The number of methoxy groups -OCH3 is 2. The first kappa shape index (κ1) is 63.2. The molecule has 4 fully saturated rings. The molecule has 4 heterocycles. The second kappa shape index (κ2) is 27.2. The number of aliphatic hydroxyl groups is 5. The standard InChI is InChI=1S/C56H96FN7O13/c1-14-45-56(9,70)50(66)35(5)63(11)30-32(2)27-54(7,69)46(26-44(34(4)52(68)76-45)75-47-28-55(8,72-13)51(67)36(6)74-47)77-53-48(65)42(25-33(3)73-53)62(10)24-23-39-31-64(61-60-39)43(29-57)49(71-12)37-19-21-38(22-20-37)59-41-18-16-15-17-40(41)58/h19-22,31-36,40-51,53,59,65-67,69-70H,14-18,23-30,58H2,1-13H3/t32-,33-,34-,35-,36+,40?,41?,42+,43-,44+,45-,46-,47+,48-,49-,50-,51+,53+,54-,55-,56-/m1/s1. The Morgan fingerprint density at radius 1 is 0.974 bits per heavy atom. The number of carbonyl (C=O) groups excluding carboxylic acids is 1. The largest absolute Gasteiger partial charge is 0.459 e. The number of hydrogen-bond acceptors (Lipinski definition) is 19. The van der Waals surface area contributed by atoms with Gasteiger partial charge in [0.1, 0.15) is 48.8 Å². The van der Waals surface area contributed by atoms with Crippen LogP contribution in [0.1, 0.15) is 144 Å². The van der Waals surface area contributed by atoms with Gasteiger partial charge < -0.3 is 79.5 Å². The average Bonchev–Trinajstić information content (AvgIpc) is 3.87. The van der Waals surface area contributed by atoms with Crippen LogP contribution in [0.4, 0.5) is 10.1 Å². The Morgan fingerprint density at radius 2 is 1.66 bits per heavy atom. The number of ether oxygens (including phenoxy) is 7. The number of carbonyl (C=O) groups is 1. The molecule has 1 aliphatic carbocycles. The van der Waals surface area contributed by atoms with Crippen molar-refractivity contribution in [1.29, 1.82) is 0 Å². The fourth-order valence-corrected chi connectivity index (χ4v) is 12.2. The number of halogens is 1. The molecule has 0 radical (unpaired) electrons. The summed E-state index contributed by atoms with van der Waals surface area (Å²) in [6.45, 7) is 15.7. The van der Waals surface area contributed by atoms with Crippen LogP contribution in [0.2, 0.25) is 0 Å². The Hall–Kier alpha value is -3.00. The zero-order valence-corrected chi connectivity index (χ0v) is 48.2. The minimum atomic E-state index is -1.84. The van der Waals surface area contributed by atoms with E-state index in [4.69, 9.17) is 38.9 Å². The third-order valence-corrected chi connectivity index (χ3v) is 17.5. The molecule has 21 heteroatoms. The molecule has 440 valence electrons. The van der Waals surface area contributed by atoms with Crippen molar-refractivity contribution in [3.8, 4) is 0 Å². The van der Waals surface area contributed by atoms with E-state index in [-0.39, 0.29) is 43.7 Å². The number of aliphatic hydroxyl groups excluding tert-OH is 3. The third-order valence-electron chi connectivity index (χ3n) is 17.5. The van der Waals surface area contributed by atoms with Crippen molar-refractivity contribution < 1.29 is 67.9 Å². The van der Waals surface area contributed by atoms with Gasteiger partial charge in [-0.2, -0.15) is 0 Å². The highest BCUT2D eigenvalue weighted by Crippen LogP contribution is 2.39. The van der Waals surface area contributed by atoms with Crippen molar-refractivity contribution in [3.63, 3.8) is 0 Å². The van der Waals surface area contributed by atoms with E-state index < -0.39 is 121 Å². The predicted molar refractivity (Wildman–Crippen MR) is 287 cm³/mol. The van der Waals surface area contributed by atoms with Gasteiger partial charge in [0.05, 0.1) is 47.2 Å². The van der Waals surface area contributed by atoms with Gasteiger partial charge in [-0.05, 0) is 118 Å². The highest BCUT2D eigenvalue weighted by atomic mass is 19.1. The van der Waals surface area contributed by atoms with E-state index in [9.17, 15) is 34.7 Å². The van der Waals surface area contributed by atoms with Crippen molar-refractivity contribution in [1.82, 2.24) is 24.8 Å². The highest BCUT2D eigenvalue weighted by molar-refractivity contribution is 5.73. The molecule has 4 aliphatic rings. The normalized spacial score (nSPS) is 40.3. The zero-order chi connectivity index (χ0) is 56.7. The first-order chi connectivity index (χ1) is 36.3. The average molecular weight is 1090 g/mol. The molecule has 0 bridgehead atoms. The lowest BCUT2D eigenvalue weighted by Crippen LogP contribution is -2.59. The first-order valence-corrected chi connectivity index (χ1v) is 28.2. The summed E-state index contributed by atoms with van der Waals surface area (Å²) in [7, 11) is 6.77. The number of aromatic nitrogens is 3. The van der Waals surface area contributed by atoms with Crippen molar-refractivity contribution in [2.24, 2.45) is 17.6 Å². The molecule has 2 unspecified atom stereocenters. The molecule has 0 spiro atoms. The molecule has 2 aromatic rings. The minimum absolute atomic E-state index is 0.0919. The van der Waals surface area contributed by atoms with E-state index in [0.717, 1.165) is 36.9 Å². The molecule has 6 rings (SSSR count). The second-order valence-corrected chi connectivity index (χ2v) is 23.8. The molecular formula is C56H96FN7O13. The van der Waals surface area contributed by atoms with Crippen LogP contribution < -0.4 is 11.1 Å². The molecule has 8 N–H and O–H groups in total. The Bertz CT molecular complexity index is 2130. The van der Waals surface area contributed by atoms with Crippen LogP contribution in [0, 0.1) is 11.8 Å². The number of nitrogens with one attached hydrogen (secondary N) is 1. The first-order valence-electron chi connectivity index (χ1n) is 28.2. The molecular weight excluding hydrogens is 998 g/mol. The number of esters is 1. The lowest BCUT2D eigenvalue weighted by molar-refractivity contribution is -0.308. The van der Waals surface area contributed by atoms with Gasteiger partial charge in [-0.1, -0.05) is 44.0 Å². The highest BCUT2D eigenvalue weighted by Gasteiger charge is 2.51. The molecule has 1 saturated carbocycles. The fourth-order valence-electron chi connectivity index (χ4n) is 12.2. The number of hydrogen-bond donors (Lipinski definition) is 7. The number of benzene rings is 1. The topological polar surface area (TPSA) is 258 Å². The summed E-state index contributed by atoms with van der Waals surface area (Å²) in [5.41, 5.74) is 4.19. The molecule has 3 saturated heterocycles. The molecule has 1 aromatic heterocycles. The number of nitrogens with zero attached hydrogens (tertiary/aromatic N) is 5. The summed E-state index contributed by atoms with van der Waals surface area (Å²) in [6, 6.07) is 6.27. The third kappa shape index (κ3) is 15.3. The van der Waals surface area contributed by atoms with Crippen LogP contribution >= 0.6 is 0 Å². The summed E-state index contributed by atoms with van der Waals surface area (Å²) < 4.78 is 60.4. The van der Waals surface area contributed by atoms with Gasteiger partial charge in [0, 0.05) is 82.6 Å². The van der Waals surface area contributed by atoms with Gasteiger partial charge in [0.25, 0.3) is 0 Å². The zero-order valence-electron chi connectivity index (χ0n) is 48.2. The summed E-state index contributed by atoms with van der Waals surface area (Å²) in [6.07, 6.45) is -3.59. The van der Waals surface area contributed by atoms with Crippen LogP contribution in [0.25, 0.3) is 0 Å². The maximum Gasteiger partial charge on any atom is 0.311 e. The second-order valence-electron chi connectivity index (χ2n) is 23.8. The van der Waals surface area contributed by atoms with E-state index in [2.05, 4.69) is 15.6 Å². The Kier molecular flexibility index (Phi) is 22.3. The molecule has 21 atom stereocenters. The maximum absolute atomic E-state index is 15.0.